The number of amides is 1. The standard InChI is InChI=1S/C19H20FNO5/c1-19(2,18(23)24)11-5-7-12(8-6-11)21-17(22)13-9-15(25-3)16(26-4)10-14(13)20/h5-10H,1-4H3,(H,21,22)(H,23,24). The quantitative estimate of drug-likeness (QED) is 0.823. The number of anilines is 1. The highest BCUT2D eigenvalue weighted by Gasteiger charge is 2.29. The smallest absolute Gasteiger partial charge is 0.313 e. The van der Waals surface area contributed by atoms with Crippen LogP contribution in [-0.2, 0) is 10.2 Å². The van der Waals surface area contributed by atoms with E-state index in [4.69, 9.17) is 9.47 Å². The van der Waals surface area contributed by atoms with Gasteiger partial charge in [0, 0.05) is 11.8 Å². The Hall–Kier alpha value is -3.09. The van der Waals surface area contributed by atoms with E-state index < -0.39 is 23.1 Å². The number of nitrogens with one attached hydrogen (secondary N) is 1. The zero-order chi connectivity index (χ0) is 19.5. The van der Waals surface area contributed by atoms with Crippen LogP contribution < -0.4 is 14.8 Å². The van der Waals surface area contributed by atoms with E-state index in [-0.39, 0.29) is 17.1 Å². The van der Waals surface area contributed by atoms with Gasteiger partial charge in [-0.15, -0.1) is 0 Å². The Kier molecular flexibility index (Phi) is 5.50. The number of rotatable bonds is 6. The van der Waals surface area contributed by atoms with E-state index in [2.05, 4.69) is 5.32 Å². The summed E-state index contributed by atoms with van der Waals surface area (Å²) in [4.78, 5) is 23.6. The molecule has 0 saturated heterocycles. The first kappa shape index (κ1) is 19.2. The number of carbonyl (C=O) groups is 2. The van der Waals surface area contributed by atoms with Gasteiger partial charge in [-0.25, -0.2) is 4.39 Å². The number of methoxy groups -OCH3 is 2. The fourth-order valence-corrected chi connectivity index (χ4v) is 2.32. The minimum Gasteiger partial charge on any atom is -0.493 e. The number of aliphatic carboxylic acids is 1. The highest BCUT2D eigenvalue weighted by molar-refractivity contribution is 6.05. The van der Waals surface area contributed by atoms with Crippen LogP contribution in [0.5, 0.6) is 11.5 Å². The van der Waals surface area contributed by atoms with Gasteiger partial charge in [-0.3, -0.25) is 9.59 Å². The molecule has 0 aliphatic carbocycles. The Bertz CT molecular complexity index is 831. The number of carboxylic acid groups (broad SMARTS) is 1. The van der Waals surface area contributed by atoms with Gasteiger partial charge in [-0.1, -0.05) is 12.1 Å². The maximum absolute atomic E-state index is 14.2. The molecule has 0 radical (unpaired) electrons. The van der Waals surface area contributed by atoms with Gasteiger partial charge in [0.1, 0.15) is 5.82 Å². The third-order valence-electron chi connectivity index (χ3n) is 4.12. The van der Waals surface area contributed by atoms with Crippen LogP contribution in [0.25, 0.3) is 0 Å². The first-order valence-electron chi connectivity index (χ1n) is 7.77. The van der Waals surface area contributed by atoms with Crippen molar-refractivity contribution in [1.29, 1.82) is 0 Å². The van der Waals surface area contributed by atoms with Crippen molar-refractivity contribution in [3.63, 3.8) is 0 Å². The molecule has 0 unspecified atom stereocenters. The molecule has 2 aromatic rings. The fourth-order valence-electron chi connectivity index (χ4n) is 2.32. The highest BCUT2D eigenvalue weighted by atomic mass is 19.1. The number of ether oxygens (including phenoxy) is 2. The molecule has 26 heavy (non-hydrogen) atoms. The lowest BCUT2D eigenvalue weighted by atomic mass is 9.85. The molecule has 0 bridgehead atoms. The summed E-state index contributed by atoms with van der Waals surface area (Å²) >= 11 is 0. The van der Waals surface area contributed by atoms with Gasteiger partial charge in [0.15, 0.2) is 11.5 Å². The zero-order valence-electron chi connectivity index (χ0n) is 14.9. The van der Waals surface area contributed by atoms with Gasteiger partial charge in [0.2, 0.25) is 0 Å². The van der Waals surface area contributed by atoms with E-state index in [0.29, 0.717) is 11.3 Å². The maximum atomic E-state index is 14.2. The van der Waals surface area contributed by atoms with Gasteiger partial charge in [-0.2, -0.15) is 0 Å². The van der Waals surface area contributed by atoms with Gasteiger partial charge < -0.3 is 19.9 Å². The van der Waals surface area contributed by atoms with Crippen molar-refractivity contribution in [3.05, 3.63) is 53.3 Å². The predicted molar refractivity (Wildman–Crippen MR) is 94.6 cm³/mol. The van der Waals surface area contributed by atoms with E-state index >= 15 is 0 Å². The van der Waals surface area contributed by atoms with E-state index in [1.807, 2.05) is 0 Å². The molecule has 0 heterocycles. The minimum absolute atomic E-state index is 0.182. The highest BCUT2D eigenvalue weighted by Crippen LogP contribution is 2.30. The molecule has 0 aliphatic heterocycles. The van der Waals surface area contributed by atoms with Crippen molar-refractivity contribution in [2.45, 2.75) is 19.3 Å². The molecule has 6 nitrogen and oxygen atoms in total. The first-order chi connectivity index (χ1) is 12.2. The van der Waals surface area contributed by atoms with Crippen LogP contribution in [0.3, 0.4) is 0 Å². The Morgan fingerprint density at radius 2 is 1.58 bits per heavy atom. The number of halogens is 1. The molecular formula is C19H20FNO5. The Morgan fingerprint density at radius 3 is 2.08 bits per heavy atom. The van der Waals surface area contributed by atoms with Crippen molar-refractivity contribution in [1.82, 2.24) is 0 Å². The van der Waals surface area contributed by atoms with Crippen molar-refractivity contribution in [2.75, 3.05) is 19.5 Å². The number of benzene rings is 2. The lowest BCUT2D eigenvalue weighted by molar-refractivity contribution is -0.142. The predicted octanol–water partition coefficient (Wildman–Crippen LogP) is 3.46. The van der Waals surface area contributed by atoms with Crippen LogP contribution in [0.4, 0.5) is 10.1 Å². The molecule has 0 aromatic heterocycles. The largest absolute Gasteiger partial charge is 0.493 e. The Morgan fingerprint density at radius 1 is 1.04 bits per heavy atom. The van der Waals surface area contributed by atoms with Crippen molar-refractivity contribution in [3.8, 4) is 11.5 Å². The minimum atomic E-state index is -1.06. The molecule has 1 amide bonds. The number of carbonyl (C=O) groups excluding carboxylic acids is 1. The molecular weight excluding hydrogens is 341 g/mol. The maximum Gasteiger partial charge on any atom is 0.313 e. The average molecular weight is 361 g/mol. The molecule has 2 aromatic carbocycles. The topological polar surface area (TPSA) is 84.9 Å². The zero-order valence-corrected chi connectivity index (χ0v) is 14.9. The fraction of sp³-hybridized carbons (Fsp3) is 0.263. The molecule has 0 fully saturated rings. The van der Waals surface area contributed by atoms with E-state index in [9.17, 15) is 19.1 Å². The monoisotopic (exact) mass is 361 g/mol. The molecule has 0 aliphatic rings. The summed E-state index contributed by atoms with van der Waals surface area (Å²) in [6.07, 6.45) is 0. The van der Waals surface area contributed by atoms with Crippen molar-refractivity contribution < 1.29 is 28.6 Å². The normalized spacial score (nSPS) is 11.0. The molecule has 0 spiro atoms. The van der Waals surface area contributed by atoms with Crippen molar-refractivity contribution in [2.24, 2.45) is 0 Å². The second kappa shape index (κ2) is 7.43. The van der Waals surface area contributed by atoms with Crippen LogP contribution in [-0.4, -0.2) is 31.2 Å². The number of carboxylic acids is 1. The van der Waals surface area contributed by atoms with E-state index in [0.717, 1.165) is 6.07 Å². The van der Waals surface area contributed by atoms with Crippen LogP contribution in [0, 0.1) is 5.82 Å². The number of hydrogen-bond donors (Lipinski definition) is 2. The van der Waals surface area contributed by atoms with Crippen LogP contribution in [0.1, 0.15) is 29.8 Å². The summed E-state index contributed by atoms with van der Waals surface area (Å²) in [6, 6.07) is 8.67. The first-order valence-corrected chi connectivity index (χ1v) is 7.77. The van der Waals surface area contributed by atoms with Gasteiger partial charge >= 0.3 is 5.97 Å². The molecule has 7 heteroatoms. The molecule has 138 valence electrons. The second-order valence-electron chi connectivity index (χ2n) is 6.15. The molecule has 0 saturated carbocycles. The lowest BCUT2D eigenvalue weighted by Gasteiger charge is -2.20. The molecule has 2 rings (SSSR count). The van der Waals surface area contributed by atoms with Crippen LogP contribution >= 0.6 is 0 Å². The van der Waals surface area contributed by atoms with Gasteiger partial charge in [0.25, 0.3) is 5.91 Å². The summed E-state index contributed by atoms with van der Waals surface area (Å²) in [5.41, 5.74) is -0.259. The third kappa shape index (κ3) is 3.77. The summed E-state index contributed by atoms with van der Waals surface area (Å²) in [5.74, 6) is -1.95. The van der Waals surface area contributed by atoms with E-state index in [1.165, 1.54) is 20.3 Å². The Balaban J connectivity index is 2.24. The summed E-state index contributed by atoms with van der Waals surface area (Å²) in [6.45, 7) is 3.17. The third-order valence-corrected chi connectivity index (χ3v) is 4.12. The summed E-state index contributed by atoms with van der Waals surface area (Å²) < 4.78 is 24.2. The summed E-state index contributed by atoms with van der Waals surface area (Å²) in [7, 11) is 2.76. The Labute approximate surface area is 150 Å². The molecule has 0 atom stereocenters. The van der Waals surface area contributed by atoms with Crippen LogP contribution in [0.2, 0.25) is 0 Å². The summed E-state index contributed by atoms with van der Waals surface area (Å²) in [5, 5.41) is 11.8. The number of hydrogen-bond acceptors (Lipinski definition) is 4. The van der Waals surface area contributed by atoms with E-state index in [1.54, 1.807) is 38.1 Å². The van der Waals surface area contributed by atoms with Crippen molar-refractivity contribution >= 4 is 17.6 Å². The van der Waals surface area contributed by atoms with Gasteiger partial charge in [-0.05, 0) is 37.6 Å². The van der Waals surface area contributed by atoms with Crippen LogP contribution in [0.15, 0.2) is 36.4 Å². The SMILES string of the molecule is COc1cc(F)c(C(=O)Nc2ccc(C(C)(C)C(=O)O)cc2)cc1OC. The lowest BCUT2D eigenvalue weighted by Crippen LogP contribution is -2.28. The second-order valence-corrected chi connectivity index (χ2v) is 6.15. The van der Waals surface area contributed by atoms with Gasteiger partial charge in [0.05, 0.1) is 25.2 Å². The average Bonchev–Trinajstić information content (AvgIpc) is 2.61. The molecule has 2 N–H and O–H groups in total.